The lowest BCUT2D eigenvalue weighted by Gasteiger charge is -2.16. The van der Waals surface area contributed by atoms with E-state index in [1.165, 1.54) is 7.11 Å². The molecule has 92 valence electrons. The van der Waals surface area contributed by atoms with Gasteiger partial charge in [-0.05, 0) is 31.8 Å². The molecule has 17 heavy (non-hydrogen) atoms. The van der Waals surface area contributed by atoms with Crippen LogP contribution >= 0.6 is 0 Å². The lowest BCUT2D eigenvalue weighted by Crippen LogP contribution is -2.33. The number of ketones is 1. The molecule has 0 bridgehead atoms. The van der Waals surface area contributed by atoms with Crippen molar-refractivity contribution in [2.24, 2.45) is 0 Å². The van der Waals surface area contributed by atoms with Crippen LogP contribution < -0.4 is 4.74 Å². The first-order valence-corrected chi connectivity index (χ1v) is 8.66. The van der Waals surface area contributed by atoms with Gasteiger partial charge in [0.15, 0.2) is 0 Å². The summed E-state index contributed by atoms with van der Waals surface area (Å²) < 4.78 is 10.2. The minimum atomic E-state index is -2.05. The maximum absolute atomic E-state index is 11.9. The van der Waals surface area contributed by atoms with Gasteiger partial charge < -0.3 is 9.16 Å². The number of hydrogen-bond acceptors (Lipinski definition) is 4. The van der Waals surface area contributed by atoms with E-state index in [2.05, 4.69) is 0 Å². The highest BCUT2D eigenvalue weighted by Crippen LogP contribution is 2.19. The first-order valence-electron chi connectivity index (χ1n) is 5.26. The summed E-state index contributed by atoms with van der Waals surface area (Å²) in [7, 11) is -0.600. The van der Waals surface area contributed by atoms with Crippen LogP contribution in [0.25, 0.3) is 0 Å². The van der Waals surface area contributed by atoms with Crippen molar-refractivity contribution in [3.63, 3.8) is 0 Å². The summed E-state index contributed by atoms with van der Waals surface area (Å²) >= 11 is 0. The van der Waals surface area contributed by atoms with Crippen LogP contribution in [0.2, 0.25) is 19.6 Å². The number of carbonyl (C=O) groups excluding carboxylic acids is 2. The highest BCUT2D eigenvalue weighted by Gasteiger charge is 2.27. The van der Waals surface area contributed by atoms with Gasteiger partial charge in [0.2, 0.25) is 8.32 Å². The van der Waals surface area contributed by atoms with Crippen molar-refractivity contribution < 1.29 is 18.8 Å². The molecule has 0 aromatic heterocycles. The smallest absolute Gasteiger partial charge is 0.366 e. The third-order valence-electron chi connectivity index (χ3n) is 1.94. The third kappa shape index (κ3) is 3.71. The Kier molecular flexibility index (Phi) is 4.06. The molecule has 0 amide bonds. The van der Waals surface area contributed by atoms with Crippen molar-refractivity contribution in [3.8, 4) is 5.75 Å². The Morgan fingerprint density at radius 3 is 2.24 bits per heavy atom. The molecule has 0 N–H and O–H groups in total. The molecule has 0 atom stereocenters. The van der Waals surface area contributed by atoms with Crippen LogP contribution in [-0.4, -0.2) is 27.2 Å². The first kappa shape index (κ1) is 13.4. The fourth-order valence-electron chi connectivity index (χ4n) is 1.27. The minimum Gasteiger partial charge on any atom is -0.514 e. The van der Waals surface area contributed by atoms with Crippen molar-refractivity contribution >= 4 is 20.1 Å². The number of benzene rings is 1. The molecule has 0 radical (unpaired) electrons. The van der Waals surface area contributed by atoms with Gasteiger partial charge in [0.05, 0.1) is 12.7 Å². The summed E-state index contributed by atoms with van der Waals surface area (Å²) in [6, 6.07) is 6.60. The van der Waals surface area contributed by atoms with Crippen LogP contribution in [0.4, 0.5) is 0 Å². The van der Waals surface area contributed by atoms with Gasteiger partial charge in [0, 0.05) is 0 Å². The maximum atomic E-state index is 11.9. The van der Waals surface area contributed by atoms with E-state index in [-0.39, 0.29) is 5.56 Å². The third-order valence-corrected chi connectivity index (χ3v) is 2.73. The predicted molar refractivity (Wildman–Crippen MR) is 66.8 cm³/mol. The van der Waals surface area contributed by atoms with Crippen molar-refractivity contribution in [2.75, 3.05) is 7.11 Å². The number of rotatable bonds is 4. The van der Waals surface area contributed by atoms with Gasteiger partial charge in [-0.25, -0.2) is 4.79 Å². The lowest BCUT2D eigenvalue weighted by atomic mass is 10.1. The molecule has 0 saturated heterocycles. The largest absolute Gasteiger partial charge is 0.514 e. The van der Waals surface area contributed by atoms with Crippen LogP contribution in [0, 0.1) is 0 Å². The second-order valence-electron chi connectivity index (χ2n) is 4.53. The second-order valence-corrected chi connectivity index (χ2v) is 8.96. The maximum Gasteiger partial charge on any atom is 0.366 e. The van der Waals surface area contributed by atoms with Crippen LogP contribution in [0.1, 0.15) is 10.4 Å². The first-order chi connectivity index (χ1) is 7.85. The summed E-state index contributed by atoms with van der Waals surface area (Å²) in [6.07, 6.45) is 0. The summed E-state index contributed by atoms with van der Waals surface area (Å²) in [5.74, 6) is -1.09. The van der Waals surface area contributed by atoms with Crippen molar-refractivity contribution in [2.45, 2.75) is 19.6 Å². The Hall–Kier alpha value is -1.62. The Morgan fingerprint density at radius 1 is 1.12 bits per heavy atom. The van der Waals surface area contributed by atoms with Crippen LogP contribution in [-0.2, 0) is 9.22 Å². The van der Waals surface area contributed by atoms with Crippen molar-refractivity contribution in [1.29, 1.82) is 0 Å². The van der Waals surface area contributed by atoms with Gasteiger partial charge in [-0.2, -0.15) is 0 Å². The van der Waals surface area contributed by atoms with E-state index in [1.807, 2.05) is 19.6 Å². The lowest BCUT2D eigenvalue weighted by molar-refractivity contribution is -0.130. The fraction of sp³-hybridized carbons (Fsp3) is 0.333. The zero-order valence-electron chi connectivity index (χ0n) is 10.4. The highest BCUT2D eigenvalue weighted by atomic mass is 28.4. The highest BCUT2D eigenvalue weighted by molar-refractivity contribution is 6.72. The van der Waals surface area contributed by atoms with E-state index in [1.54, 1.807) is 24.3 Å². The van der Waals surface area contributed by atoms with Gasteiger partial charge in [0.25, 0.3) is 5.78 Å². The van der Waals surface area contributed by atoms with E-state index < -0.39 is 20.1 Å². The van der Waals surface area contributed by atoms with Crippen LogP contribution in [0.15, 0.2) is 24.3 Å². The quantitative estimate of drug-likeness (QED) is 0.468. The molecule has 1 rings (SSSR count). The minimum absolute atomic E-state index is 0.234. The Morgan fingerprint density at radius 2 is 1.71 bits per heavy atom. The molecule has 0 unspecified atom stereocenters. The molecule has 4 nitrogen and oxygen atoms in total. The van der Waals surface area contributed by atoms with E-state index in [4.69, 9.17) is 9.16 Å². The predicted octanol–water partition coefficient (Wildman–Crippen LogP) is 2.26. The number of methoxy groups -OCH3 is 1. The topological polar surface area (TPSA) is 52.6 Å². The van der Waals surface area contributed by atoms with Gasteiger partial charge >= 0.3 is 5.97 Å². The van der Waals surface area contributed by atoms with Crippen molar-refractivity contribution in [1.82, 2.24) is 0 Å². The van der Waals surface area contributed by atoms with Gasteiger partial charge in [-0.3, -0.25) is 4.79 Å². The monoisotopic (exact) mass is 252 g/mol. The Bertz CT molecular complexity index is 434. The summed E-state index contributed by atoms with van der Waals surface area (Å²) in [4.78, 5) is 23.5. The summed E-state index contributed by atoms with van der Waals surface area (Å²) in [5, 5.41) is 0. The van der Waals surface area contributed by atoms with Gasteiger partial charge in [-0.15, -0.1) is 0 Å². The molecule has 1 aromatic rings. The summed E-state index contributed by atoms with van der Waals surface area (Å²) in [5.41, 5.74) is 0.234. The SMILES string of the molecule is COc1ccccc1C(=O)C(=O)O[Si](C)(C)C. The average Bonchev–Trinajstić information content (AvgIpc) is 2.25. The van der Waals surface area contributed by atoms with E-state index in [0.29, 0.717) is 5.75 Å². The molecule has 0 aliphatic rings. The number of hydrogen-bond donors (Lipinski definition) is 0. The van der Waals surface area contributed by atoms with Gasteiger partial charge in [-0.1, -0.05) is 12.1 Å². The molecule has 1 aromatic carbocycles. The number of carbonyl (C=O) groups is 2. The number of para-hydroxylation sites is 1. The Balaban J connectivity index is 2.93. The fourth-order valence-corrected chi connectivity index (χ4v) is 1.92. The van der Waals surface area contributed by atoms with Crippen LogP contribution in [0.3, 0.4) is 0 Å². The second kappa shape index (κ2) is 5.14. The zero-order chi connectivity index (χ0) is 13.1. The standard InChI is InChI=1S/C12H16O4Si/c1-15-10-8-6-5-7-9(10)11(13)12(14)16-17(2,3)4/h5-8H,1-4H3. The average molecular weight is 252 g/mol. The molecule has 0 heterocycles. The number of Topliss-reactive ketones (excluding diaryl/α,β-unsaturated/α-hetero) is 1. The molecule has 0 aliphatic carbocycles. The zero-order valence-corrected chi connectivity index (χ0v) is 11.4. The normalized spacial score (nSPS) is 10.8. The van der Waals surface area contributed by atoms with E-state index in [9.17, 15) is 9.59 Å². The molecular formula is C12H16O4Si. The van der Waals surface area contributed by atoms with Crippen LogP contribution in [0.5, 0.6) is 5.75 Å². The Labute approximate surface area is 102 Å². The molecule has 5 heteroatoms. The molecular weight excluding hydrogens is 236 g/mol. The van der Waals surface area contributed by atoms with Gasteiger partial charge in [0.1, 0.15) is 5.75 Å². The molecule has 0 spiro atoms. The number of ether oxygens (including phenoxy) is 1. The molecule has 0 aliphatic heterocycles. The van der Waals surface area contributed by atoms with Crippen molar-refractivity contribution in [3.05, 3.63) is 29.8 Å². The summed E-state index contributed by atoms with van der Waals surface area (Å²) in [6.45, 7) is 5.54. The van der Waals surface area contributed by atoms with E-state index >= 15 is 0 Å². The van der Waals surface area contributed by atoms with E-state index in [0.717, 1.165) is 0 Å². The molecule has 0 fully saturated rings. The molecule has 0 saturated carbocycles.